The first-order chi connectivity index (χ1) is 11.8. The van der Waals surface area contributed by atoms with Crippen LogP contribution in [0.4, 0.5) is 18.9 Å². The third-order valence-corrected chi connectivity index (χ3v) is 3.84. The fraction of sp³-hybridized carbons (Fsp3) is 0.500. The van der Waals surface area contributed by atoms with Crippen molar-refractivity contribution in [3.8, 4) is 0 Å². The van der Waals surface area contributed by atoms with Crippen molar-refractivity contribution in [3.63, 3.8) is 0 Å². The summed E-state index contributed by atoms with van der Waals surface area (Å²) < 4.78 is 43.2. The molecular formula is C16H19F3N2O4. The SMILES string of the molecule is O=C(C[C@@H](CN1CCOCC1)C(=O)O)Nc1cccc(C(F)(F)F)c1. The molecule has 1 aromatic carbocycles. The van der Waals surface area contributed by atoms with E-state index in [0.29, 0.717) is 26.3 Å². The van der Waals surface area contributed by atoms with Crippen LogP contribution in [-0.4, -0.2) is 54.7 Å². The number of nitrogens with one attached hydrogen (secondary N) is 1. The van der Waals surface area contributed by atoms with Crippen molar-refractivity contribution in [1.29, 1.82) is 0 Å². The highest BCUT2D eigenvalue weighted by Crippen LogP contribution is 2.30. The van der Waals surface area contributed by atoms with E-state index < -0.39 is 29.5 Å². The number of carbonyl (C=O) groups excluding carboxylic acids is 1. The average Bonchev–Trinajstić information content (AvgIpc) is 2.54. The molecular weight excluding hydrogens is 341 g/mol. The molecule has 1 amide bonds. The lowest BCUT2D eigenvalue weighted by Gasteiger charge is -2.28. The van der Waals surface area contributed by atoms with E-state index in [1.54, 1.807) is 0 Å². The van der Waals surface area contributed by atoms with Crippen LogP contribution >= 0.6 is 0 Å². The zero-order chi connectivity index (χ0) is 18.4. The monoisotopic (exact) mass is 360 g/mol. The van der Waals surface area contributed by atoms with Crippen LogP contribution < -0.4 is 5.32 Å². The Morgan fingerprint density at radius 2 is 1.96 bits per heavy atom. The van der Waals surface area contributed by atoms with Crippen LogP contribution in [0.25, 0.3) is 0 Å². The molecule has 6 nitrogen and oxygen atoms in total. The van der Waals surface area contributed by atoms with Gasteiger partial charge in [0.15, 0.2) is 0 Å². The Kier molecular flexibility index (Phi) is 6.38. The van der Waals surface area contributed by atoms with Crippen molar-refractivity contribution in [1.82, 2.24) is 4.90 Å². The number of hydrogen-bond donors (Lipinski definition) is 2. The van der Waals surface area contributed by atoms with Gasteiger partial charge in [-0.25, -0.2) is 0 Å². The highest BCUT2D eigenvalue weighted by molar-refractivity contribution is 5.93. The molecule has 25 heavy (non-hydrogen) atoms. The van der Waals surface area contributed by atoms with Crippen LogP contribution in [0.3, 0.4) is 0 Å². The van der Waals surface area contributed by atoms with Crippen molar-refractivity contribution < 1.29 is 32.6 Å². The van der Waals surface area contributed by atoms with Crippen molar-refractivity contribution >= 4 is 17.6 Å². The van der Waals surface area contributed by atoms with E-state index in [2.05, 4.69) is 5.32 Å². The van der Waals surface area contributed by atoms with Crippen LogP contribution in [0.15, 0.2) is 24.3 Å². The second-order valence-corrected chi connectivity index (χ2v) is 5.78. The predicted octanol–water partition coefficient (Wildman–Crippen LogP) is 2.07. The number of benzene rings is 1. The van der Waals surface area contributed by atoms with Gasteiger partial charge in [0.2, 0.25) is 5.91 Å². The molecule has 2 rings (SSSR count). The lowest BCUT2D eigenvalue weighted by atomic mass is 10.0. The number of hydrogen-bond acceptors (Lipinski definition) is 4. The van der Waals surface area contributed by atoms with Crippen molar-refractivity contribution in [2.24, 2.45) is 5.92 Å². The molecule has 1 aliphatic rings. The number of morpholine rings is 1. The second kappa shape index (κ2) is 8.30. The van der Waals surface area contributed by atoms with E-state index >= 15 is 0 Å². The van der Waals surface area contributed by atoms with Crippen LogP contribution in [0.5, 0.6) is 0 Å². The van der Waals surface area contributed by atoms with Gasteiger partial charge in [-0.3, -0.25) is 14.5 Å². The predicted molar refractivity (Wildman–Crippen MR) is 83.1 cm³/mol. The molecule has 138 valence electrons. The molecule has 1 heterocycles. The fourth-order valence-electron chi connectivity index (χ4n) is 2.53. The molecule has 1 fully saturated rings. The van der Waals surface area contributed by atoms with E-state index in [-0.39, 0.29) is 18.7 Å². The van der Waals surface area contributed by atoms with Crippen molar-refractivity contribution in [3.05, 3.63) is 29.8 Å². The van der Waals surface area contributed by atoms with E-state index in [1.807, 2.05) is 4.90 Å². The average molecular weight is 360 g/mol. The highest BCUT2D eigenvalue weighted by atomic mass is 19.4. The number of amides is 1. The van der Waals surface area contributed by atoms with Gasteiger partial charge < -0.3 is 15.2 Å². The normalized spacial score (nSPS) is 17.1. The lowest BCUT2D eigenvalue weighted by molar-refractivity contribution is -0.144. The maximum absolute atomic E-state index is 12.7. The molecule has 0 aromatic heterocycles. The van der Waals surface area contributed by atoms with Gasteiger partial charge in [0, 0.05) is 31.7 Å². The van der Waals surface area contributed by atoms with Crippen LogP contribution in [0.2, 0.25) is 0 Å². The van der Waals surface area contributed by atoms with E-state index in [1.165, 1.54) is 12.1 Å². The van der Waals surface area contributed by atoms with E-state index in [4.69, 9.17) is 4.74 Å². The zero-order valence-corrected chi connectivity index (χ0v) is 13.4. The summed E-state index contributed by atoms with van der Waals surface area (Å²) in [7, 11) is 0. The molecule has 9 heteroatoms. The van der Waals surface area contributed by atoms with Crippen LogP contribution in [-0.2, 0) is 20.5 Å². The molecule has 0 spiro atoms. The highest BCUT2D eigenvalue weighted by Gasteiger charge is 2.31. The second-order valence-electron chi connectivity index (χ2n) is 5.78. The van der Waals surface area contributed by atoms with E-state index in [0.717, 1.165) is 12.1 Å². The van der Waals surface area contributed by atoms with Gasteiger partial charge in [-0.1, -0.05) is 6.07 Å². The molecule has 2 N–H and O–H groups in total. The molecule has 1 aliphatic heterocycles. The molecule has 0 saturated carbocycles. The van der Waals surface area contributed by atoms with Crippen molar-refractivity contribution in [2.75, 3.05) is 38.2 Å². The van der Waals surface area contributed by atoms with E-state index in [9.17, 15) is 27.9 Å². The number of rotatable bonds is 6. The molecule has 1 aromatic rings. The summed E-state index contributed by atoms with van der Waals surface area (Å²) in [6.07, 6.45) is -4.83. The Morgan fingerprint density at radius 3 is 2.56 bits per heavy atom. The smallest absolute Gasteiger partial charge is 0.416 e. The number of carbonyl (C=O) groups is 2. The zero-order valence-electron chi connectivity index (χ0n) is 13.4. The number of nitrogens with zero attached hydrogens (tertiary/aromatic N) is 1. The summed E-state index contributed by atoms with van der Waals surface area (Å²) in [6, 6.07) is 4.22. The largest absolute Gasteiger partial charge is 0.481 e. The number of alkyl halides is 3. The van der Waals surface area contributed by atoms with Gasteiger partial charge in [-0.05, 0) is 18.2 Å². The number of halogens is 3. The molecule has 0 aliphatic carbocycles. The molecule has 0 bridgehead atoms. The summed E-state index contributed by atoms with van der Waals surface area (Å²) in [4.78, 5) is 25.3. The number of ether oxygens (including phenoxy) is 1. The first kappa shape index (κ1) is 19.2. The third kappa shape index (κ3) is 6.02. The first-order valence-electron chi connectivity index (χ1n) is 7.75. The number of carboxylic acid groups (broad SMARTS) is 1. The van der Waals surface area contributed by atoms with Gasteiger partial charge in [0.05, 0.1) is 24.7 Å². The summed E-state index contributed by atoms with van der Waals surface area (Å²) in [5.41, 5.74) is -0.899. The minimum atomic E-state index is -4.51. The summed E-state index contributed by atoms with van der Waals surface area (Å²) in [6.45, 7) is 2.36. The standard InChI is InChI=1S/C16H19F3N2O4/c17-16(18,19)12-2-1-3-13(9-12)20-14(22)8-11(15(23)24)10-21-4-6-25-7-5-21/h1-3,9,11H,4-8,10H2,(H,20,22)(H,23,24)/t11-/m0/s1. The van der Waals surface area contributed by atoms with Gasteiger partial charge in [-0.2, -0.15) is 13.2 Å². The van der Waals surface area contributed by atoms with Gasteiger partial charge in [0.1, 0.15) is 0 Å². The lowest BCUT2D eigenvalue weighted by Crippen LogP contribution is -2.41. The topological polar surface area (TPSA) is 78.9 Å². The van der Waals surface area contributed by atoms with Gasteiger partial charge in [0.25, 0.3) is 0 Å². The number of aliphatic carboxylic acids is 1. The molecule has 0 unspecified atom stereocenters. The first-order valence-corrected chi connectivity index (χ1v) is 7.75. The van der Waals surface area contributed by atoms with Crippen LogP contribution in [0.1, 0.15) is 12.0 Å². The minimum absolute atomic E-state index is 0.0182. The number of carboxylic acids is 1. The Balaban J connectivity index is 1.95. The Hall–Kier alpha value is -2.13. The molecule has 0 radical (unpaired) electrons. The quantitative estimate of drug-likeness (QED) is 0.812. The van der Waals surface area contributed by atoms with Crippen LogP contribution in [0, 0.1) is 5.92 Å². The third-order valence-electron chi connectivity index (χ3n) is 3.84. The van der Waals surface area contributed by atoms with Crippen molar-refractivity contribution in [2.45, 2.75) is 12.6 Å². The summed E-state index contributed by atoms with van der Waals surface area (Å²) in [5.74, 6) is -2.70. The molecule has 1 atom stereocenters. The minimum Gasteiger partial charge on any atom is -0.481 e. The van der Waals surface area contributed by atoms with Gasteiger partial charge >= 0.3 is 12.1 Å². The Labute approximate surface area is 142 Å². The Bertz CT molecular complexity index is 616. The molecule has 1 saturated heterocycles. The maximum atomic E-state index is 12.7. The maximum Gasteiger partial charge on any atom is 0.416 e. The van der Waals surface area contributed by atoms with Gasteiger partial charge in [-0.15, -0.1) is 0 Å². The number of anilines is 1. The summed E-state index contributed by atoms with van der Waals surface area (Å²) in [5, 5.41) is 11.6. The summed E-state index contributed by atoms with van der Waals surface area (Å²) >= 11 is 0. The Morgan fingerprint density at radius 1 is 1.28 bits per heavy atom. The fourth-order valence-corrected chi connectivity index (χ4v) is 2.53.